The van der Waals surface area contributed by atoms with E-state index >= 15 is 0 Å². The Labute approximate surface area is 151 Å². The van der Waals surface area contributed by atoms with Gasteiger partial charge in [0.2, 0.25) is 5.91 Å². The fourth-order valence-electron chi connectivity index (χ4n) is 3.41. The molecule has 7 nitrogen and oxygen atoms in total. The molecule has 2 aromatic heterocycles. The second kappa shape index (κ2) is 7.29. The summed E-state index contributed by atoms with van der Waals surface area (Å²) in [5, 5.41) is 4.87. The maximum absolute atomic E-state index is 12.6. The Morgan fingerprint density at radius 1 is 1.35 bits per heavy atom. The number of rotatable bonds is 5. The number of amides is 1. The highest BCUT2D eigenvalue weighted by Crippen LogP contribution is 2.20. The van der Waals surface area contributed by atoms with E-state index in [-0.39, 0.29) is 12.0 Å². The molecule has 1 aliphatic heterocycles. The van der Waals surface area contributed by atoms with Crippen LogP contribution in [0.4, 0.5) is 0 Å². The number of benzene rings is 1. The topological polar surface area (TPSA) is 84.3 Å². The molecule has 0 radical (unpaired) electrons. The van der Waals surface area contributed by atoms with Crippen LogP contribution >= 0.6 is 0 Å². The van der Waals surface area contributed by atoms with Crippen LogP contribution in [0.15, 0.2) is 35.0 Å². The van der Waals surface area contributed by atoms with Gasteiger partial charge >= 0.3 is 0 Å². The van der Waals surface area contributed by atoms with Crippen molar-refractivity contribution in [1.29, 1.82) is 0 Å². The molecule has 0 spiro atoms. The largest absolute Gasteiger partial charge is 0.368 e. The summed E-state index contributed by atoms with van der Waals surface area (Å²) in [6.45, 7) is 3.54. The van der Waals surface area contributed by atoms with Gasteiger partial charge in [-0.25, -0.2) is 0 Å². The van der Waals surface area contributed by atoms with E-state index in [0.717, 1.165) is 29.3 Å². The average molecular weight is 354 g/mol. The molecule has 0 saturated carbocycles. The number of carbonyl (C=O) groups excluding carboxylic acids is 1. The Kier molecular flexibility index (Phi) is 4.71. The summed E-state index contributed by atoms with van der Waals surface area (Å²) in [5.41, 5.74) is 2.12. The number of para-hydroxylation sites is 1. The zero-order valence-electron chi connectivity index (χ0n) is 14.8. The first kappa shape index (κ1) is 16.8. The molecule has 1 amide bonds. The number of hydrogen-bond donors (Lipinski definition) is 1. The molecule has 1 N–H and O–H groups in total. The van der Waals surface area contributed by atoms with Gasteiger partial charge in [0.15, 0.2) is 5.82 Å². The standard InChI is InChI=1S/C19H22N4O3/c1-13-21-18(26-22-13)12-25-15-6-8-23(9-7-15)19(24)10-14-11-20-17-5-3-2-4-16(14)17/h2-5,11,15,20H,6-10,12H2,1H3. The Morgan fingerprint density at radius 2 is 2.15 bits per heavy atom. The lowest BCUT2D eigenvalue weighted by atomic mass is 10.1. The van der Waals surface area contributed by atoms with E-state index in [1.807, 2.05) is 35.4 Å². The van der Waals surface area contributed by atoms with E-state index in [0.29, 0.717) is 37.8 Å². The monoisotopic (exact) mass is 354 g/mol. The lowest BCUT2D eigenvalue weighted by molar-refractivity contribution is -0.133. The highest BCUT2D eigenvalue weighted by molar-refractivity contribution is 5.88. The Morgan fingerprint density at radius 3 is 2.92 bits per heavy atom. The van der Waals surface area contributed by atoms with Gasteiger partial charge in [0.25, 0.3) is 5.89 Å². The lowest BCUT2D eigenvalue weighted by Gasteiger charge is -2.31. The van der Waals surface area contributed by atoms with Crippen molar-refractivity contribution in [2.45, 2.75) is 38.9 Å². The number of likely N-dealkylation sites (tertiary alicyclic amines) is 1. The van der Waals surface area contributed by atoms with E-state index < -0.39 is 0 Å². The summed E-state index contributed by atoms with van der Waals surface area (Å²) in [6, 6.07) is 8.06. The zero-order chi connectivity index (χ0) is 17.9. The van der Waals surface area contributed by atoms with Crippen LogP contribution in [0.5, 0.6) is 0 Å². The van der Waals surface area contributed by atoms with Crippen molar-refractivity contribution in [2.24, 2.45) is 0 Å². The van der Waals surface area contributed by atoms with Crippen LogP contribution in [-0.2, 0) is 22.6 Å². The summed E-state index contributed by atoms with van der Waals surface area (Å²) in [4.78, 5) is 21.9. The van der Waals surface area contributed by atoms with Gasteiger partial charge in [-0.3, -0.25) is 4.79 Å². The van der Waals surface area contributed by atoms with Crippen molar-refractivity contribution in [3.63, 3.8) is 0 Å². The number of aryl methyl sites for hydroxylation is 1. The predicted molar refractivity (Wildman–Crippen MR) is 95.4 cm³/mol. The second-order valence-corrected chi connectivity index (χ2v) is 6.66. The first-order valence-corrected chi connectivity index (χ1v) is 8.92. The van der Waals surface area contributed by atoms with Crippen LogP contribution in [0.1, 0.15) is 30.1 Å². The number of ether oxygens (including phenoxy) is 1. The first-order chi connectivity index (χ1) is 12.7. The predicted octanol–water partition coefficient (Wildman–Crippen LogP) is 2.61. The highest BCUT2D eigenvalue weighted by Gasteiger charge is 2.24. The van der Waals surface area contributed by atoms with Gasteiger partial charge in [-0.15, -0.1) is 0 Å². The number of H-pyrrole nitrogens is 1. The minimum absolute atomic E-state index is 0.124. The van der Waals surface area contributed by atoms with Crippen LogP contribution in [0.2, 0.25) is 0 Å². The first-order valence-electron chi connectivity index (χ1n) is 8.92. The van der Waals surface area contributed by atoms with Crippen molar-refractivity contribution in [2.75, 3.05) is 13.1 Å². The van der Waals surface area contributed by atoms with E-state index in [2.05, 4.69) is 15.1 Å². The SMILES string of the molecule is Cc1noc(COC2CCN(C(=O)Cc3c[nH]c4ccccc34)CC2)n1. The molecule has 1 saturated heterocycles. The molecular formula is C19H22N4O3. The Balaban J connectivity index is 1.28. The number of carbonyl (C=O) groups is 1. The van der Waals surface area contributed by atoms with Gasteiger partial charge in [0.05, 0.1) is 12.5 Å². The molecule has 3 heterocycles. The number of aromatic amines is 1. The average Bonchev–Trinajstić information content (AvgIpc) is 3.27. The molecule has 7 heteroatoms. The fraction of sp³-hybridized carbons (Fsp3) is 0.421. The summed E-state index contributed by atoms with van der Waals surface area (Å²) in [6.07, 6.45) is 4.14. The molecule has 1 aromatic carbocycles. The van der Waals surface area contributed by atoms with Crippen LogP contribution in [0, 0.1) is 6.92 Å². The molecule has 0 bridgehead atoms. The third-order valence-electron chi connectivity index (χ3n) is 4.82. The van der Waals surface area contributed by atoms with Gasteiger partial charge < -0.3 is 19.1 Å². The molecule has 4 rings (SSSR count). The minimum Gasteiger partial charge on any atom is -0.368 e. The molecule has 0 unspecified atom stereocenters. The number of nitrogens with zero attached hydrogens (tertiary/aromatic N) is 3. The van der Waals surface area contributed by atoms with Gasteiger partial charge in [-0.05, 0) is 31.4 Å². The summed E-state index contributed by atoms with van der Waals surface area (Å²) >= 11 is 0. The van der Waals surface area contributed by atoms with Gasteiger partial charge in [-0.2, -0.15) is 4.98 Å². The molecule has 1 aliphatic rings. The van der Waals surface area contributed by atoms with Crippen LogP contribution in [0.3, 0.4) is 0 Å². The van der Waals surface area contributed by atoms with Crippen LogP contribution in [-0.4, -0.2) is 45.1 Å². The molecule has 26 heavy (non-hydrogen) atoms. The van der Waals surface area contributed by atoms with Crippen molar-refractivity contribution in [1.82, 2.24) is 20.0 Å². The second-order valence-electron chi connectivity index (χ2n) is 6.66. The van der Waals surface area contributed by atoms with E-state index in [9.17, 15) is 4.79 Å². The summed E-state index contributed by atoms with van der Waals surface area (Å²) in [5.74, 6) is 1.28. The van der Waals surface area contributed by atoms with E-state index in [1.165, 1.54) is 0 Å². The third-order valence-corrected chi connectivity index (χ3v) is 4.82. The van der Waals surface area contributed by atoms with Crippen molar-refractivity contribution in [3.8, 4) is 0 Å². The summed E-state index contributed by atoms with van der Waals surface area (Å²) in [7, 11) is 0. The molecule has 136 valence electrons. The van der Waals surface area contributed by atoms with Gasteiger partial charge in [0.1, 0.15) is 6.61 Å². The van der Waals surface area contributed by atoms with Crippen LogP contribution in [0.25, 0.3) is 10.9 Å². The quantitative estimate of drug-likeness (QED) is 0.761. The molecular weight excluding hydrogens is 332 g/mol. The van der Waals surface area contributed by atoms with Gasteiger partial charge in [0, 0.05) is 30.2 Å². The third kappa shape index (κ3) is 3.62. The Bertz CT molecular complexity index is 893. The highest BCUT2D eigenvalue weighted by atomic mass is 16.5. The Hall–Kier alpha value is -2.67. The molecule has 0 atom stereocenters. The van der Waals surface area contributed by atoms with Crippen LogP contribution < -0.4 is 0 Å². The van der Waals surface area contributed by atoms with Crippen molar-refractivity contribution >= 4 is 16.8 Å². The smallest absolute Gasteiger partial charge is 0.252 e. The van der Waals surface area contributed by atoms with Crippen molar-refractivity contribution < 1.29 is 14.1 Å². The number of aromatic nitrogens is 3. The number of fused-ring (bicyclic) bond motifs is 1. The lowest BCUT2D eigenvalue weighted by Crippen LogP contribution is -2.41. The normalized spacial score (nSPS) is 15.7. The van der Waals surface area contributed by atoms with Crippen molar-refractivity contribution in [3.05, 3.63) is 47.7 Å². The number of hydrogen-bond acceptors (Lipinski definition) is 5. The molecule has 3 aromatic rings. The fourth-order valence-corrected chi connectivity index (χ4v) is 3.41. The maximum atomic E-state index is 12.6. The number of piperidine rings is 1. The zero-order valence-corrected chi connectivity index (χ0v) is 14.8. The van der Waals surface area contributed by atoms with E-state index in [1.54, 1.807) is 6.92 Å². The number of nitrogens with one attached hydrogen (secondary N) is 1. The maximum Gasteiger partial charge on any atom is 0.252 e. The van der Waals surface area contributed by atoms with Gasteiger partial charge in [-0.1, -0.05) is 23.4 Å². The minimum atomic E-state index is 0.124. The molecule has 0 aliphatic carbocycles. The summed E-state index contributed by atoms with van der Waals surface area (Å²) < 4.78 is 10.9. The molecule has 1 fully saturated rings. The van der Waals surface area contributed by atoms with E-state index in [4.69, 9.17) is 9.26 Å².